The summed E-state index contributed by atoms with van der Waals surface area (Å²) in [6.45, 7) is 10.8. The van der Waals surface area contributed by atoms with Crippen molar-refractivity contribution in [2.75, 3.05) is 26.2 Å². The summed E-state index contributed by atoms with van der Waals surface area (Å²) < 4.78 is 6.34. The number of ketones is 1. The second-order valence-electron chi connectivity index (χ2n) is 7.26. The molecule has 2 heterocycles. The standard InChI is InChI=1S/C20H28N2O3/c1-5-21(6-2)19(24)22-9-7-20(8-10-22)13-17(23)16-11-14(3)15(4)12-18(16)25-20/h11-12H,5-10,13H2,1-4H3. The van der Waals surface area contributed by atoms with E-state index in [4.69, 9.17) is 4.74 Å². The minimum atomic E-state index is -0.453. The lowest BCUT2D eigenvalue weighted by Crippen LogP contribution is -2.54. The molecule has 3 rings (SSSR count). The zero-order valence-corrected chi connectivity index (χ0v) is 15.7. The van der Waals surface area contributed by atoms with Crippen LogP contribution in [0.5, 0.6) is 5.75 Å². The van der Waals surface area contributed by atoms with Crippen molar-refractivity contribution in [3.63, 3.8) is 0 Å². The van der Waals surface area contributed by atoms with Crippen molar-refractivity contribution in [1.82, 2.24) is 9.80 Å². The third kappa shape index (κ3) is 3.24. The summed E-state index contributed by atoms with van der Waals surface area (Å²) in [5.74, 6) is 0.871. The van der Waals surface area contributed by atoms with Crippen LogP contribution in [-0.4, -0.2) is 53.4 Å². The van der Waals surface area contributed by atoms with Crippen LogP contribution in [-0.2, 0) is 0 Å². The third-order valence-corrected chi connectivity index (χ3v) is 5.68. The van der Waals surface area contributed by atoms with Crippen molar-refractivity contribution in [2.45, 2.75) is 52.6 Å². The van der Waals surface area contributed by atoms with E-state index in [-0.39, 0.29) is 11.8 Å². The van der Waals surface area contributed by atoms with Gasteiger partial charge in [-0.2, -0.15) is 0 Å². The minimum absolute atomic E-state index is 0.0915. The van der Waals surface area contributed by atoms with E-state index in [1.807, 2.05) is 49.6 Å². The van der Waals surface area contributed by atoms with Gasteiger partial charge < -0.3 is 14.5 Å². The molecule has 1 aromatic carbocycles. The Balaban J connectivity index is 1.74. The van der Waals surface area contributed by atoms with Gasteiger partial charge in [-0.25, -0.2) is 4.79 Å². The summed E-state index contributed by atoms with van der Waals surface area (Å²) in [6.07, 6.45) is 1.83. The van der Waals surface area contributed by atoms with E-state index < -0.39 is 5.60 Å². The second kappa shape index (κ2) is 6.70. The van der Waals surface area contributed by atoms with Gasteiger partial charge in [0.2, 0.25) is 0 Å². The van der Waals surface area contributed by atoms with Crippen molar-refractivity contribution in [1.29, 1.82) is 0 Å². The molecule has 1 fully saturated rings. The number of urea groups is 1. The molecule has 0 bridgehead atoms. The van der Waals surface area contributed by atoms with Gasteiger partial charge in [-0.15, -0.1) is 0 Å². The van der Waals surface area contributed by atoms with Crippen LogP contribution in [0.25, 0.3) is 0 Å². The van der Waals surface area contributed by atoms with Crippen LogP contribution in [0, 0.1) is 13.8 Å². The smallest absolute Gasteiger partial charge is 0.319 e. The summed E-state index contributed by atoms with van der Waals surface area (Å²) in [7, 11) is 0. The van der Waals surface area contributed by atoms with E-state index in [2.05, 4.69) is 0 Å². The Hall–Kier alpha value is -2.04. The molecule has 0 saturated carbocycles. The molecule has 0 N–H and O–H groups in total. The number of amides is 2. The highest BCUT2D eigenvalue weighted by molar-refractivity contribution is 6.00. The van der Waals surface area contributed by atoms with E-state index in [1.165, 1.54) is 0 Å². The van der Waals surface area contributed by atoms with Gasteiger partial charge in [0.15, 0.2) is 5.78 Å². The highest BCUT2D eigenvalue weighted by Crippen LogP contribution is 2.40. The first kappa shape index (κ1) is 17.8. The molecule has 2 aliphatic rings. The molecule has 136 valence electrons. The number of carbonyl (C=O) groups excluding carboxylic acids is 2. The molecule has 1 saturated heterocycles. The first-order valence-corrected chi connectivity index (χ1v) is 9.26. The first-order valence-electron chi connectivity index (χ1n) is 9.26. The van der Waals surface area contributed by atoms with Crippen LogP contribution >= 0.6 is 0 Å². The molecular weight excluding hydrogens is 316 g/mol. The average molecular weight is 344 g/mol. The predicted octanol–water partition coefficient (Wildman–Crippen LogP) is 3.57. The molecule has 2 amide bonds. The fourth-order valence-electron chi connectivity index (χ4n) is 3.83. The Morgan fingerprint density at radius 1 is 1.16 bits per heavy atom. The number of benzene rings is 1. The number of fused-ring (bicyclic) bond motifs is 1. The van der Waals surface area contributed by atoms with Gasteiger partial charge in [0.05, 0.1) is 12.0 Å². The molecule has 0 aliphatic carbocycles. The van der Waals surface area contributed by atoms with E-state index in [9.17, 15) is 9.59 Å². The van der Waals surface area contributed by atoms with Crippen LogP contribution in [0.3, 0.4) is 0 Å². The largest absolute Gasteiger partial charge is 0.486 e. The number of ether oxygens (including phenoxy) is 1. The van der Waals surface area contributed by atoms with Gasteiger partial charge >= 0.3 is 6.03 Å². The maximum absolute atomic E-state index is 12.7. The van der Waals surface area contributed by atoms with Crippen LogP contribution < -0.4 is 4.74 Å². The van der Waals surface area contributed by atoms with E-state index in [0.29, 0.717) is 43.7 Å². The average Bonchev–Trinajstić information content (AvgIpc) is 2.58. The number of hydrogen-bond donors (Lipinski definition) is 0. The summed E-state index contributed by atoms with van der Waals surface area (Å²) in [6, 6.07) is 4.02. The molecule has 1 spiro atoms. The number of piperidine rings is 1. The Kier molecular flexibility index (Phi) is 4.76. The normalized spacial score (nSPS) is 18.7. The summed E-state index contributed by atoms with van der Waals surface area (Å²) in [5, 5.41) is 0. The molecule has 25 heavy (non-hydrogen) atoms. The van der Waals surface area contributed by atoms with Crippen LogP contribution in [0.1, 0.15) is 54.6 Å². The number of nitrogens with zero attached hydrogens (tertiary/aromatic N) is 2. The van der Waals surface area contributed by atoms with Crippen LogP contribution in [0.15, 0.2) is 12.1 Å². The molecule has 0 unspecified atom stereocenters. The number of carbonyl (C=O) groups is 2. The maximum atomic E-state index is 12.7. The van der Waals surface area contributed by atoms with Crippen molar-refractivity contribution >= 4 is 11.8 Å². The second-order valence-corrected chi connectivity index (χ2v) is 7.26. The zero-order valence-electron chi connectivity index (χ0n) is 15.7. The van der Waals surface area contributed by atoms with Gasteiger partial charge in [0.25, 0.3) is 0 Å². The highest BCUT2D eigenvalue weighted by Gasteiger charge is 2.44. The number of rotatable bonds is 2. The van der Waals surface area contributed by atoms with Gasteiger partial charge in [0, 0.05) is 39.0 Å². The maximum Gasteiger partial charge on any atom is 0.319 e. The topological polar surface area (TPSA) is 49.9 Å². The molecule has 5 heteroatoms. The monoisotopic (exact) mass is 344 g/mol. The zero-order chi connectivity index (χ0) is 18.2. The molecular formula is C20H28N2O3. The predicted molar refractivity (Wildman–Crippen MR) is 97.3 cm³/mol. The highest BCUT2D eigenvalue weighted by atomic mass is 16.5. The van der Waals surface area contributed by atoms with Crippen molar-refractivity contribution in [3.8, 4) is 5.75 Å². The van der Waals surface area contributed by atoms with Crippen molar-refractivity contribution in [3.05, 3.63) is 28.8 Å². The van der Waals surface area contributed by atoms with E-state index in [1.54, 1.807) is 0 Å². The van der Waals surface area contributed by atoms with Crippen molar-refractivity contribution < 1.29 is 14.3 Å². The SMILES string of the molecule is CCN(CC)C(=O)N1CCC2(CC1)CC(=O)c1cc(C)c(C)cc1O2. The Morgan fingerprint density at radius 2 is 1.76 bits per heavy atom. The van der Waals surface area contributed by atoms with Crippen molar-refractivity contribution in [2.24, 2.45) is 0 Å². The lowest BCUT2D eigenvalue weighted by atomic mass is 9.82. The van der Waals surface area contributed by atoms with Gasteiger partial charge in [-0.3, -0.25) is 4.79 Å². The molecule has 5 nitrogen and oxygen atoms in total. The number of hydrogen-bond acceptors (Lipinski definition) is 3. The third-order valence-electron chi connectivity index (χ3n) is 5.68. The molecule has 2 aliphatic heterocycles. The lowest BCUT2D eigenvalue weighted by molar-refractivity contribution is -0.00355. The van der Waals surface area contributed by atoms with Crippen LogP contribution in [0.4, 0.5) is 4.79 Å². The molecule has 1 aromatic rings. The van der Waals surface area contributed by atoms with Gasteiger partial charge in [0.1, 0.15) is 11.4 Å². The Labute approximate surface area is 149 Å². The van der Waals surface area contributed by atoms with Gasteiger partial charge in [-0.1, -0.05) is 0 Å². The summed E-state index contributed by atoms with van der Waals surface area (Å²) in [4.78, 5) is 28.9. The lowest BCUT2D eigenvalue weighted by Gasteiger charge is -2.44. The molecule has 0 atom stereocenters. The molecule has 0 aromatic heterocycles. The van der Waals surface area contributed by atoms with Gasteiger partial charge in [-0.05, 0) is 51.0 Å². The minimum Gasteiger partial charge on any atom is -0.486 e. The van der Waals surface area contributed by atoms with E-state index in [0.717, 1.165) is 24.2 Å². The summed E-state index contributed by atoms with van der Waals surface area (Å²) in [5.41, 5.74) is 2.51. The first-order chi connectivity index (χ1) is 11.9. The number of aryl methyl sites for hydroxylation is 2. The fraction of sp³-hybridized carbons (Fsp3) is 0.600. The Morgan fingerprint density at radius 3 is 2.36 bits per heavy atom. The molecule has 0 radical (unpaired) electrons. The van der Waals surface area contributed by atoms with E-state index >= 15 is 0 Å². The van der Waals surface area contributed by atoms with Crippen LogP contribution in [0.2, 0.25) is 0 Å². The fourth-order valence-corrected chi connectivity index (χ4v) is 3.83. The quantitative estimate of drug-likeness (QED) is 0.824. The number of Topliss-reactive ketones (excluding diaryl/α,β-unsaturated/α-hetero) is 1. The summed E-state index contributed by atoms with van der Waals surface area (Å²) >= 11 is 0. The number of likely N-dealkylation sites (tertiary alicyclic amines) is 1. The Bertz CT molecular complexity index is 686.